The van der Waals surface area contributed by atoms with E-state index in [1.54, 1.807) is 18.5 Å². The van der Waals surface area contributed by atoms with Gasteiger partial charge >= 0.3 is 0 Å². The SMILES string of the molecule is CC(C)(C)[C@H](N)C(=O)NC1CCCN(c2ncccn2)C1. The fraction of sp³-hybridized carbons (Fsp3) is 0.667. The maximum Gasteiger partial charge on any atom is 0.237 e. The van der Waals surface area contributed by atoms with Gasteiger partial charge in [-0.15, -0.1) is 0 Å². The minimum atomic E-state index is -0.499. The van der Waals surface area contributed by atoms with Crippen molar-refractivity contribution in [3.05, 3.63) is 18.5 Å². The Morgan fingerprint density at radius 1 is 1.43 bits per heavy atom. The first-order valence-corrected chi connectivity index (χ1v) is 7.46. The molecule has 0 saturated carbocycles. The van der Waals surface area contributed by atoms with Crippen molar-refractivity contribution < 1.29 is 4.79 Å². The predicted molar refractivity (Wildman–Crippen MR) is 82.8 cm³/mol. The monoisotopic (exact) mass is 291 g/mol. The first-order chi connectivity index (χ1) is 9.88. The molecule has 1 unspecified atom stereocenters. The molecule has 6 nitrogen and oxygen atoms in total. The lowest BCUT2D eigenvalue weighted by atomic mass is 9.86. The molecule has 1 aromatic heterocycles. The number of aromatic nitrogens is 2. The Kier molecular flexibility index (Phi) is 4.77. The molecule has 0 aliphatic carbocycles. The van der Waals surface area contributed by atoms with Crippen molar-refractivity contribution in [1.29, 1.82) is 0 Å². The molecular weight excluding hydrogens is 266 g/mol. The highest BCUT2D eigenvalue weighted by atomic mass is 16.2. The molecule has 0 aromatic carbocycles. The van der Waals surface area contributed by atoms with E-state index in [0.29, 0.717) is 0 Å². The Morgan fingerprint density at radius 2 is 2.10 bits per heavy atom. The molecule has 1 aliphatic heterocycles. The van der Waals surface area contributed by atoms with Gasteiger partial charge in [-0.1, -0.05) is 20.8 Å². The number of hydrogen-bond acceptors (Lipinski definition) is 5. The third kappa shape index (κ3) is 4.14. The Bertz CT molecular complexity index is 471. The number of piperidine rings is 1. The van der Waals surface area contributed by atoms with Crippen molar-refractivity contribution in [3.63, 3.8) is 0 Å². The minimum absolute atomic E-state index is 0.0802. The van der Waals surface area contributed by atoms with Gasteiger partial charge in [-0.3, -0.25) is 4.79 Å². The molecule has 0 bridgehead atoms. The second-order valence-corrected chi connectivity index (χ2v) is 6.69. The van der Waals surface area contributed by atoms with Crippen LogP contribution in [0.3, 0.4) is 0 Å². The molecule has 21 heavy (non-hydrogen) atoms. The van der Waals surface area contributed by atoms with E-state index in [-0.39, 0.29) is 17.4 Å². The van der Waals surface area contributed by atoms with Gasteiger partial charge in [-0.2, -0.15) is 0 Å². The number of rotatable bonds is 3. The zero-order chi connectivity index (χ0) is 15.5. The van der Waals surface area contributed by atoms with Crippen LogP contribution in [0.15, 0.2) is 18.5 Å². The summed E-state index contributed by atoms with van der Waals surface area (Å²) < 4.78 is 0. The van der Waals surface area contributed by atoms with Crippen LogP contribution in [0.1, 0.15) is 33.6 Å². The van der Waals surface area contributed by atoms with Crippen LogP contribution in [0.25, 0.3) is 0 Å². The first-order valence-electron chi connectivity index (χ1n) is 7.46. The molecule has 6 heteroatoms. The average Bonchev–Trinajstić information content (AvgIpc) is 2.46. The zero-order valence-electron chi connectivity index (χ0n) is 13.0. The standard InChI is InChI=1S/C15H25N5O/c1-15(2,3)12(16)13(21)19-11-6-4-9-20(10-11)14-17-7-5-8-18-14/h5,7-8,11-12H,4,6,9-10,16H2,1-3H3,(H,19,21)/t11?,12-/m1/s1. The van der Waals surface area contributed by atoms with E-state index in [2.05, 4.69) is 20.2 Å². The van der Waals surface area contributed by atoms with Crippen LogP contribution in [0.4, 0.5) is 5.95 Å². The molecule has 1 aromatic rings. The number of nitrogens with two attached hydrogens (primary N) is 1. The molecular formula is C15H25N5O. The number of carbonyl (C=O) groups is 1. The summed E-state index contributed by atoms with van der Waals surface area (Å²) in [6.07, 6.45) is 5.44. The van der Waals surface area contributed by atoms with Crippen molar-refractivity contribution in [1.82, 2.24) is 15.3 Å². The summed E-state index contributed by atoms with van der Waals surface area (Å²) in [5, 5.41) is 3.06. The van der Waals surface area contributed by atoms with Gasteiger partial charge in [0.1, 0.15) is 0 Å². The average molecular weight is 291 g/mol. The van der Waals surface area contributed by atoms with Crippen LogP contribution in [0.2, 0.25) is 0 Å². The van der Waals surface area contributed by atoms with E-state index in [1.165, 1.54) is 0 Å². The van der Waals surface area contributed by atoms with Crippen LogP contribution >= 0.6 is 0 Å². The summed E-state index contributed by atoms with van der Waals surface area (Å²) in [5.41, 5.74) is 5.77. The van der Waals surface area contributed by atoms with Gasteiger partial charge in [0.05, 0.1) is 6.04 Å². The molecule has 3 N–H and O–H groups in total. The van der Waals surface area contributed by atoms with Crippen molar-refractivity contribution in [2.75, 3.05) is 18.0 Å². The van der Waals surface area contributed by atoms with Crippen LogP contribution < -0.4 is 16.0 Å². The maximum absolute atomic E-state index is 12.2. The van der Waals surface area contributed by atoms with E-state index >= 15 is 0 Å². The summed E-state index contributed by atoms with van der Waals surface area (Å²) >= 11 is 0. The number of hydrogen-bond donors (Lipinski definition) is 2. The fourth-order valence-corrected chi connectivity index (χ4v) is 2.42. The quantitative estimate of drug-likeness (QED) is 0.865. The molecule has 1 fully saturated rings. The number of amides is 1. The summed E-state index contributed by atoms with van der Waals surface area (Å²) in [6, 6.07) is 1.40. The summed E-state index contributed by atoms with van der Waals surface area (Å²) in [4.78, 5) is 22.9. The minimum Gasteiger partial charge on any atom is -0.350 e. The Morgan fingerprint density at radius 3 is 2.71 bits per heavy atom. The zero-order valence-corrected chi connectivity index (χ0v) is 13.0. The Labute approximate surface area is 126 Å². The first kappa shape index (κ1) is 15.7. The summed E-state index contributed by atoms with van der Waals surface area (Å²) in [6.45, 7) is 7.57. The molecule has 116 valence electrons. The van der Waals surface area contributed by atoms with Crippen molar-refractivity contribution >= 4 is 11.9 Å². The van der Waals surface area contributed by atoms with Gasteiger partial charge in [0, 0.05) is 31.5 Å². The van der Waals surface area contributed by atoms with Crippen molar-refractivity contribution in [3.8, 4) is 0 Å². The third-order valence-corrected chi connectivity index (χ3v) is 3.82. The lowest BCUT2D eigenvalue weighted by molar-refractivity contribution is -0.125. The molecule has 1 aliphatic rings. The summed E-state index contributed by atoms with van der Waals surface area (Å²) in [5.74, 6) is 0.639. The Balaban J connectivity index is 1.94. The third-order valence-electron chi connectivity index (χ3n) is 3.82. The maximum atomic E-state index is 12.2. The summed E-state index contributed by atoms with van der Waals surface area (Å²) in [7, 11) is 0. The molecule has 2 atom stereocenters. The van der Waals surface area contributed by atoms with Crippen LogP contribution in [0, 0.1) is 5.41 Å². The van der Waals surface area contributed by atoms with E-state index in [9.17, 15) is 4.79 Å². The van der Waals surface area contributed by atoms with E-state index < -0.39 is 6.04 Å². The van der Waals surface area contributed by atoms with Crippen LogP contribution in [0.5, 0.6) is 0 Å². The Hall–Kier alpha value is -1.69. The number of nitrogens with zero attached hydrogens (tertiary/aromatic N) is 3. The largest absolute Gasteiger partial charge is 0.350 e. The van der Waals surface area contributed by atoms with E-state index in [0.717, 1.165) is 31.9 Å². The predicted octanol–water partition coefficient (Wildman–Crippen LogP) is 0.935. The van der Waals surface area contributed by atoms with E-state index in [1.807, 2.05) is 20.8 Å². The highest BCUT2D eigenvalue weighted by Gasteiger charge is 2.30. The van der Waals surface area contributed by atoms with Gasteiger partial charge in [-0.25, -0.2) is 9.97 Å². The van der Waals surface area contributed by atoms with Crippen LogP contribution in [-0.2, 0) is 4.79 Å². The van der Waals surface area contributed by atoms with Crippen molar-refractivity contribution in [2.45, 2.75) is 45.7 Å². The van der Waals surface area contributed by atoms with Gasteiger partial charge in [0.2, 0.25) is 11.9 Å². The fourth-order valence-electron chi connectivity index (χ4n) is 2.42. The van der Waals surface area contributed by atoms with Gasteiger partial charge in [0.15, 0.2) is 0 Å². The molecule has 0 radical (unpaired) electrons. The topological polar surface area (TPSA) is 84.1 Å². The number of nitrogens with one attached hydrogen (secondary N) is 1. The highest BCUT2D eigenvalue weighted by molar-refractivity contribution is 5.82. The lowest BCUT2D eigenvalue weighted by Crippen LogP contribution is -2.55. The number of carbonyl (C=O) groups excluding carboxylic acids is 1. The number of anilines is 1. The van der Waals surface area contributed by atoms with Gasteiger partial charge < -0.3 is 16.0 Å². The second-order valence-electron chi connectivity index (χ2n) is 6.69. The van der Waals surface area contributed by atoms with Gasteiger partial charge in [0.25, 0.3) is 0 Å². The molecule has 0 spiro atoms. The lowest BCUT2D eigenvalue weighted by Gasteiger charge is -2.34. The molecule has 2 heterocycles. The van der Waals surface area contributed by atoms with Crippen molar-refractivity contribution in [2.24, 2.45) is 11.1 Å². The molecule has 2 rings (SSSR count). The van der Waals surface area contributed by atoms with Gasteiger partial charge in [-0.05, 0) is 24.3 Å². The molecule has 1 saturated heterocycles. The highest BCUT2D eigenvalue weighted by Crippen LogP contribution is 2.19. The normalized spacial score (nSPS) is 21.0. The van der Waals surface area contributed by atoms with Crippen LogP contribution in [-0.4, -0.2) is 41.0 Å². The van der Waals surface area contributed by atoms with E-state index in [4.69, 9.17) is 5.73 Å². The smallest absolute Gasteiger partial charge is 0.237 e. The second kappa shape index (κ2) is 6.39. The molecule has 1 amide bonds.